The molecule has 1 aromatic heterocycles. The largest absolute Gasteiger partial charge is 0.489 e. The Labute approximate surface area is 164 Å². The highest BCUT2D eigenvalue weighted by atomic mass is 32.2. The fraction of sp³-hybridized carbons (Fsp3) is 0.111. The lowest BCUT2D eigenvalue weighted by molar-refractivity contribution is 0.312. The van der Waals surface area contributed by atoms with Crippen molar-refractivity contribution >= 4 is 37.9 Å². The van der Waals surface area contributed by atoms with Gasteiger partial charge in [-0.15, -0.1) is 11.3 Å². The standard InChI is InChI=1S/C18H13FN4O3S2/c19-14-3-1-2-12(11-20)17(14)23-7-8-26-16-10-13(4-5-15(16)23)28(24,25)22-18-21-6-9-27-18/h1-6,9-10H,7-8H2,(H,21,22). The van der Waals surface area contributed by atoms with Crippen molar-refractivity contribution in [2.24, 2.45) is 0 Å². The van der Waals surface area contributed by atoms with E-state index in [1.54, 1.807) is 16.3 Å². The van der Waals surface area contributed by atoms with Gasteiger partial charge in [0.25, 0.3) is 10.0 Å². The fourth-order valence-corrected chi connectivity index (χ4v) is 4.73. The minimum Gasteiger partial charge on any atom is -0.489 e. The number of halogens is 1. The average Bonchev–Trinajstić information content (AvgIpc) is 3.19. The highest BCUT2D eigenvalue weighted by Gasteiger charge is 2.26. The summed E-state index contributed by atoms with van der Waals surface area (Å²) in [5.74, 6) is -0.241. The Balaban J connectivity index is 1.74. The first-order valence-corrected chi connectivity index (χ1v) is 10.5. The summed E-state index contributed by atoms with van der Waals surface area (Å²) in [5.41, 5.74) is 0.821. The van der Waals surface area contributed by atoms with Gasteiger partial charge in [0.05, 0.1) is 28.4 Å². The molecule has 0 unspecified atom stereocenters. The van der Waals surface area contributed by atoms with E-state index in [1.807, 2.05) is 6.07 Å². The summed E-state index contributed by atoms with van der Waals surface area (Å²) < 4.78 is 47.6. The molecule has 0 radical (unpaired) electrons. The summed E-state index contributed by atoms with van der Waals surface area (Å²) >= 11 is 1.16. The Morgan fingerprint density at radius 3 is 2.93 bits per heavy atom. The molecule has 1 aliphatic heterocycles. The second-order valence-corrected chi connectivity index (χ2v) is 8.40. The number of nitriles is 1. The number of hydrogen-bond donors (Lipinski definition) is 1. The molecule has 2 aromatic carbocycles. The average molecular weight is 416 g/mol. The van der Waals surface area contributed by atoms with E-state index in [4.69, 9.17) is 4.74 Å². The van der Waals surface area contributed by atoms with Crippen LogP contribution in [0, 0.1) is 17.1 Å². The Hall–Kier alpha value is -3.16. The van der Waals surface area contributed by atoms with E-state index in [9.17, 15) is 18.1 Å². The maximum absolute atomic E-state index is 14.5. The molecule has 0 bridgehead atoms. The second-order valence-electron chi connectivity index (χ2n) is 5.82. The van der Waals surface area contributed by atoms with Crippen LogP contribution in [0.15, 0.2) is 52.9 Å². The van der Waals surface area contributed by atoms with E-state index in [0.717, 1.165) is 11.3 Å². The van der Waals surface area contributed by atoms with Gasteiger partial charge in [-0.2, -0.15) is 5.26 Å². The van der Waals surface area contributed by atoms with Crippen LogP contribution in [0.4, 0.5) is 20.9 Å². The fourth-order valence-electron chi connectivity index (χ4n) is 2.93. The molecule has 7 nitrogen and oxygen atoms in total. The first kappa shape index (κ1) is 18.2. The summed E-state index contributed by atoms with van der Waals surface area (Å²) in [7, 11) is -3.85. The van der Waals surface area contributed by atoms with Crippen molar-refractivity contribution in [1.82, 2.24) is 4.98 Å². The van der Waals surface area contributed by atoms with Crippen LogP contribution < -0.4 is 14.4 Å². The van der Waals surface area contributed by atoms with Crippen LogP contribution in [0.3, 0.4) is 0 Å². The summed E-state index contributed by atoms with van der Waals surface area (Å²) in [5, 5.41) is 11.2. The number of hydrogen-bond acceptors (Lipinski definition) is 7. The Morgan fingerprint density at radius 2 is 2.18 bits per heavy atom. The zero-order valence-electron chi connectivity index (χ0n) is 14.3. The lowest BCUT2D eigenvalue weighted by Gasteiger charge is -2.32. The highest BCUT2D eigenvalue weighted by molar-refractivity contribution is 7.93. The van der Waals surface area contributed by atoms with E-state index in [0.29, 0.717) is 18.0 Å². The van der Waals surface area contributed by atoms with Crippen LogP contribution in [0.5, 0.6) is 5.75 Å². The minimum absolute atomic E-state index is 0.00246. The van der Waals surface area contributed by atoms with Crippen molar-refractivity contribution in [3.63, 3.8) is 0 Å². The first-order chi connectivity index (χ1) is 13.5. The van der Waals surface area contributed by atoms with Crippen molar-refractivity contribution in [2.45, 2.75) is 4.90 Å². The van der Waals surface area contributed by atoms with Gasteiger partial charge < -0.3 is 9.64 Å². The lowest BCUT2D eigenvalue weighted by Crippen LogP contribution is -2.30. The lowest BCUT2D eigenvalue weighted by atomic mass is 10.1. The van der Waals surface area contributed by atoms with Crippen LogP contribution in [0.1, 0.15) is 5.56 Å². The number of para-hydroxylation sites is 1. The molecule has 0 atom stereocenters. The number of aromatic nitrogens is 1. The summed E-state index contributed by atoms with van der Waals surface area (Å²) in [6.45, 7) is 0.543. The summed E-state index contributed by atoms with van der Waals surface area (Å²) in [6, 6.07) is 10.6. The Kier molecular flexibility index (Phi) is 4.62. The van der Waals surface area contributed by atoms with Crippen molar-refractivity contribution in [2.75, 3.05) is 22.8 Å². The smallest absolute Gasteiger partial charge is 0.263 e. The van der Waals surface area contributed by atoms with Gasteiger partial charge in [-0.1, -0.05) is 6.07 Å². The second kappa shape index (κ2) is 7.10. The predicted molar refractivity (Wildman–Crippen MR) is 103 cm³/mol. The van der Waals surface area contributed by atoms with Gasteiger partial charge in [0.15, 0.2) is 5.13 Å². The van der Waals surface area contributed by atoms with Gasteiger partial charge in [0.1, 0.15) is 24.2 Å². The Bertz CT molecular complexity index is 1170. The van der Waals surface area contributed by atoms with Crippen LogP contribution in [0.2, 0.25) is 0 Å². The summed E-state index contributed by atoms with van der Waals surface area (Å²) in [4.78, 5) is 5.53. The van der Waals surface area contributed by atoms with Crippen LogP contribution >= 0.6 is 11.3 Å². The van der Waals surface area contributed by atoms with Crippen molar-refractivity contribution in [3.8, 4) is 11.8 Å². The molecule has 10 heteroatoms. The van der Waals surface area contributed by atoms with Gasteiger partial charge in [-0.3, -0.25) is 4.72 Å². The topological polar surface area (TPSA) is 95.3 Å². The van der Waals surface area contributed by atoms with Crippen LogP contribution in [0.25, 0.3) is 0 Å². The molecule has 0 aliphatic carbocycles. The molecule has 0 saturated heterocycles. The number of anilines is 3. The molecule has 4 rings (SSSR count). The number of benzene rings is 2. The Morgan fingerprint density at radius 1 is 1.32 bits per heavy atom. The van der Waals surface area contributed by atoms with Crippen molar-refractivity contribution in [3.05, 3.63) is 59.4 Å². The third kappa shape index (κ3) is 3.26. The van der Waals surface area contributed by atoms with E-state index < -0.39 is 15.8 Å². The number of rotatable bonds is 4. The number of nitrogens with one attached hydrogen (secondary N) is 1. The number of nitrogens with zero attached hydrogens (tertiary/aromatic N) is 3. The molecule has 28 heavy (non-hydrogen) atoms. The maximum atomic E-state index is 14.5. The normalized spacial score (nSPS) is 13.4. The van der Waals surface area contributed by atoms with Gasteiger partial charge >= 0.3 is 0 Å². The van der Waals surface area contributed by atoms with E-state index >= 15 is 0 Å². The summed E-state index contributed by atoms with van der Waals surface area (Å²) in [6.07, 6.45) is 1.50. The van der Waals surface area contributed by atoms with Crippen molar-refractivity contribution < 1.29 is 17.5 Å². The molecule has 3 aromatic rings. The molecule has 0 saturated carbocycles. The van der Waals surface area contributed by atoms with Gasteiger partial charge in [0, 0.05) is 17.6 Å². The molecular weight excluding hydrogens is 403 g/mol. The zero-order chi connectivity index (χ0) is 19.7. The zero-order valence-corrected chi connectivity index (χ0v) is 15.9. The molecule has 0 spiro atoms. The first-order valence-electron chi connectivity index (χ1n) is 8.15. The maximum Gasteiger partial charge on any atom is 0.263 e. The molecular formula is C18H13FN4O3S2. The van der Waals surface area contributed by atoms with E-state index in [2.05, 4.69) is 9.71 Å². The monoisotopic (exact) mass is 416 g/mol. The van der Waals surface area contributed by atoms with Crippen LogP contribution in [-0.4, -0.2) is 26.6 Å². The molecule has 142 valence electrons. The molecule has 1 aliphatic rings. The number of fused-ring (bicyclic) bond motifs is 1. The minimum atomic E-state index is -3.85. The van der Waals surface area contributed by atoms with Gasteiger partial charge in [0.2, 0.25) is 0 Å². The SMILES string of the molecule is N#Cc1cccc(F)c1N1CCOc2cc(S(=O)(=O)Nc3nccs3)ccc21. The van der Waals surface area contributed by atoms with E-state index in [-0.39, 0.29) is 27.9 Å². The third-order valence-electron chi connectivity index (χ3n) is 4.14. The number of ether oxygens (including phenoxy) is 1. The number of thiazole rings is 1. The van der Waals surface area contributed by atoms with Crippen molar-refractivity contribution in [1.29, 1.82) is 5.26 Å². The number of sulfonamides is 1. The van der Waals surface area contributed by atoms with Gasteiger partial charge in [-0.25, -0.2) is 17.8 Å². The highest BCUT2D eigenvalue weighted by Crippen LogP contribution is 2.40. The van der Waals surface area contributed by atoms with Gasteiger partial charge in [-0.05, 0) is 24.3 Å². The third-order valence-corrected chi connectivity index (χ3v) is 6.29. The predicted octanol–water partition coefficient (Wildman–Crippen LogP) is 3.49. The molecule has 1 N–H and O–H groups in total. The quantitative estimate of drug-likeness (QED) is 0.700. The molecule has 0 amide bonds. The van der Waals surface area contributed by atoms with Crippen LogP contribution in [-0.2, 0) is 10.0 Å². The van der Waals surface area contributed by atoms with E-state index in [1.165, 1.54) is 36.5 Å². The molecule has 2 heterocycles. The molecule has 0 fully saturated rings.